The molecule has 1 aromatic heterocycles. The van der Waals surface area contributed by atoms with E-state index >= 15 is 0 Å². The Balaban J connectivity index is 3.25. The number of methoxy groups -OCH3 is 1. The number of carbonyl (C=O) groups excluding carboxylic acids is 1. The Labute approximate surface area is 109 Å². The van der Waals surface area contributed by atoms with Gasteiger partial charge in [-0.15, -0.1) is 22.9 Å². The molecule has 1 heterocycles. The first-order valence-electron chi connectivity index (χ1n) is 4.57. The number of sulfonamides is 1. The number of carbonyl (C=O) groups is 1. The van der Waals surface area contributed by atoms with Crippen LogP contribution in [0.2, 0.25) is 0 Å². The second-order valence-corrected chi connectivity index (χ2v) is 6.84. The van der Waals surface area contributed by atoms with Crippen LogP contribution in [0.5, 0.6) is 0 Å². The van der Waals surface area contributed by atoms with Crippen molar-refractivity contribution in [3.63, 3.8) is 0 Å². The van der Waals surface area contributed by atoms with Gasteiger partial charge in [-0.1, -0.05) is 0 Å². The summed E-state index contributed by atoms with van der Waals surface area (Å²) in [5, 5.41) is -0.323. The Morgan fingerprint density at radius 1 is 1.47 bits per heavy atom. The van der Waals surface area contributed by atoms with Crippen LogP contribution in [0.4, 0.5) is 5.00 Å². The van der Waals surface area contributed by atoms with Crippen LogP contribution in [0.1, 0.15) is 20.8 Å². The molecule has 0 unspecified atom stereocenters. The molecule has 0 spiro atoms. The molecule has 0 radical (unpaired) electrons. The summed E-state index contributed by atoms with van der Waals surface area (Å²) in [7, 11) is -2.38. The van der Waals surface area contributed by atoms with E-state index in [2.05, 4.69) is 9.46 Å². The molecule has 0 saturated carbocycles. The van der Waals surface area contributed by atoms with Crippen molar-refractivity contribution in [3.8, 4) is 0 Å². The van der Waals surface area contributed by atoms with E-state index in [1.807, 2.05) is 0 Å². The van der Waals surface area contributed by atoms with Crippen LogP contribution in [0.25, 0.3) is 0 Å². The van der Waals surface area contributed by atoms with Gasteiger partial charge in [0.2, 0.25) is 10.0 Å². The molecule has 1 N–H and O–H groups in total. The van der Waals surface area contributed by atoms with Crippen molar-refractivity contribution in [2.24, 2.45) is 0 Å². The summed E-state index contributed by atoms with van der Waals surface area (Å²) < 4.78 is 29.6. The molecule has 5 nitrogen and oxygen atoms in total. The van der Waals surface area contributed by atoms with Crippen LogP contribution in [0.15, 0.2) is 0 Å². The zero-order valence-corrected chi connectivity index (χ0v) is 11.9. The molecule has 0 fully saturated rings. The lowest BCUT2D eigenvalue weighted by atomic mass is 10.2. The first kappa shape index (κ1) is 14.3. The van der Waals surface area contributed by atoms with Crippen molar-refractivity contribution in [1.29, 1.82) is 0 Å². The summed E-state index contributed by atoms with van der Waals surface area (Å²) in [5.41, 5.74) is 0.942. The monoisotopic (exact) mass is 297 g/mol. The fourth-order valence-corrected chi connectivity index (χ4v) is 3.27. The van der Waals surface area contributed by atoms with Crippen molar-refractivity contribution >= 4 is 43.9 Å². The van der Waals surface area contributed by atoms with E-state index in [-0.39, 0.29) is 10.6 Å². The maximum atomic E-state index is 11.6. The number of nitrogens with one attached hydrogen (secondary N) is 1. The number of aryl methyl sites for hydroxylation is 1. The molecule has 17 heavy (non-hydrogen) atoms. The van der Waals surface area contributed by atoms with Gasteiger partial charge in [0.05, 0.1) is 12.7 Å². The third kappa shape index (κ3) is 3.11. The van der Waals surface area contributed by atoms with Gasteiger partial charge in [0.1, 0.15) is 10.2 Å². The first-order valence-corrected chi connectivity index (χ1v) is 7.57. The van der Waals surface area contributed by atoms with E-state index in [9.17, 15) is 13.2 Å². The van der Waals surface area contributed by atoms with Crippen molar-refractivity contribution in [2.45, 2.75) is 13.8 Å². The second-order valence-electron chi connectivity index (χ2n) is 3.30. The second kappa shape index (κ2) is 5.24. The molecule has 0 aliphatic rings. The fourth-order valence-electron chi connectivity index (χ4n) is 1.22. The van der Waals surface area contributed by atoms with E-state index in [1.165, 1.54) is 18.4 Å². The quantitative estimate of drug-likeness (QED) is 0.682. The summed E-state index contributed by atoms with van der Waals surface area (Å²) in [6, 6.07) is 0. The molecule has 8 heteroatoms. The zero-order chi connectivity index (χ0) is 13.2. The lowest BCUT2D eigenvalue weighted by molar-refractivity contribution is 0.0601. The van der Waals surface area contributed by atoms with Gasteiger partial charge in [0.25, 0.3) is 0 Å². The number of halogens is 1. The Hall–Kier alpha value is -0.790. The number of hydrogen-bond donors (Lipinski definition) is 1. The van der Waals surface area contributed by atoms with Crippen molar-refractivity contribution < 1.29 is 17.9 Å². The lowest BCUT2D eigenvalue weighted by Gasteiger charge is -2.05. The van der Waals surface area contributed by atoms with Gasteiger partial charge in [0, 0.05) is 4.88 Å². The largest absolute Gasteiger partial charge is 0.465 e. The van der Waals surface area contributed by atoms with Crippen molar-refractivity contribution in [2.75, 3.05) is 17.0 Å². The highest BCUT2D eigenvalue weighted by Crippen LogP contribution is 2.33. The Kier molecular flexibility index (Phi) is 4.40. The van der Waals surface area contributed by atoms with Crippen LogP contribution in [0, 0.1) is 13.8 Å². The van der Waals surface area contributed by atoms with Crippen molar-refractivity contribution in [3.05, 3.63) is 16.0 Å². The number of thiophene rings is 1. The van der Waals surface area contributed by atoms with Gasteiger partial charge >= 0.3 is 5.97 Å². The van der Waals surface area contributed by atoms with Crippen LogP contribution < -0.4 is 4.72 Å². The van der Waals surface area contributed by atoms with Crippen molar-refractivity contribution in [1.82, 2.24) is 0 Å². The number of hydrogen-bond acceptors (Lipinski definition) is 5. The highest BCUT2D eigenvalue weighted by molar-refractivity contribution is 7.94. The minimum atomic E-state index is -3.62. The van der Waals surface area contributed by atoms with Crippen LogP contribution in [-0.4, -0.2) is 26.7 Å². The van der Waals surface area contributed by atoms with Gasteiger partial charge in [-0.2, -0.15) is 0 Å². The molecule has 0 aliphatic carbocycles. The van der Waals surface area contributed by atoms with E-state index in [4.69, 9.17) is 11.6 Å². The number of rotatable bonds is 4. The zero-order valence-electron chi connectivity index (χ0n) is 9.53. The molecule has 96 valence electrons. The van der Waals surface area contributed by atoms with E-state index in [1.54, 1.807) is 13.8 Å². The highest BCUT2D eigenvalue weighted by Gasteiger charge is 2.23. The smallest absolute Gasteiger partial charge is 0.341 e. The number of ether oxygens (including phenoxy) is 1. The number of anilines is 1. The van der Waals surface area contributed by atoms with Gasteiger partial charge in [-0.05, 0) is 19.4 Å². The molecule has 0 amide bonds. The Morgan fingerprint density at radius 2 is 2.06 bits per heavy atom. The van der Waals surface area contributed by atoms with Crippen LogP contribution in [-0.2, 0) is 14.8 Å². The molecule has 1 aromatic rings. The standard InChI is InChI=1S/C9H12ClNO4S2/c1-5-6(2)16-8(7(5)9(12)15-3)11-17(13,14)4-10/h11H,4H2,1-3H3. The van der Waals surface area contributed by atoms with Crippen LogP contribution in [0.3, 0.4) is 0 Å². The highest BCUT2D eigenvalue weighted by atomic mass is 35.5. The molecular weight excluding hydrogens is 286 g/mol. The fraction of sp³-hybridized carbons (Fsp3) is 0.444. The molecule has 0 atom stereocenters. The molecule has 0 bridgehead atoms. The van der Waals surface area contributed by atoms with Gasteiger partial charge in [-0.25, -0.2) is 13.2 Å². The van der Waals surface area contributed by atoms with E-state index < -0.39 is 21.2 Å². The van der Waals surface area contributed by atoms with E-state index in [0.717, 1.165) is 4.88 Å². The Bertz CT molecular complexity index is 535. The minimum absolute atomic E-state index is 0.240. The molecule has 1 rings (SSSR count). The topological polar surface area (TPSA) is 72.5 Å². The normalized spacial score (nSPS) is 11.3. The molecular formula is C9H12ClNO4S2. The summed E-state index contributed by atoms with van der Waals surface area (Å²) >= 11 is 6.47. The number of esters is 1. The van der Waals surface area contributed by atoms with Gasteiger partial charge < -0.3 is 4.74 Å². The molecule has 0 aromatic carbocycles. The predicted molar refractivity (Wildman–Crippen MR) is 68.4 cm³/mol. The summed E-state index contributed by atoms with van der Waals surface area (Å²) in [5.74, 6) is -0.570. The van der Waals surface area contributed by atoms with Gasteiger partial charge in [-0.3, -0.25) is 4.72 Å². The maximum Gasteiger partial charge on any atom is 0.341 e. The molecule has 0 saturated heterocycles. The predicted octanol–water partition coefficient (Wildman–Crippen LogP) is 2.09. The minimum Gasteiger partial charge on any atom is -0.465 e. The summed E-state index contributed by atoms with van der Waals surface area (Å²) in [4.78, 5) is 12.4. The third-order valence-electron chi connectivity index (χ3n) is 2.17. The van der Waals surface area contributed by atoms with E-state index in [0.29, 0.717) is 5.56 Å². The average molecular weight is 298 g/mol. The Morgan fingerprint density at radius 3 is 2.53 bits per heavy atom. The first-order chi connectivity index (χ1) is 7.82. The summed E-state index contributed by atoms with van der Waals surface area (Å²) in [6.07, 6.45) is 0. The lowest BCUT2D eigenvalue weighted by Crippen LogP contribution is -2.15. The molecule has 0 aliphatic heterocycles. The average Bonchev–Trinajstić information content (AvgIpc) is 2.53. The SMILES string of the molecule is COC(=O)c1c(NS(=O)(=O)CCl)sc(C)c1C. The van der Waals surface area contributed by atoms with Crippen LogP contribution >= 0.6 is 22.9 Å². The third-order valence-corrected chi connectivity index (χ3v) is 5.08. The number of alkyl halides is 1. The van der Waals surface area contributed by atoms with Gasteiger partial charge in [0.15, 0.2) is 0 Å². The summed E-state index contributed by atoms with van der Waals surface area (Å²) in [6.45, 7) is 3.53. The maximum absolute atomic E-state index is 11.6.